The molecule has 25 heavy (non-hydrogen) atoms. The molecule has 0 aromatic heterocycles. The van der Waals surface area contributed by atoms with E-state index in [1.807, 2.05) is 26.0 Å². The van der Waals surface area contributed by atoms with Crippen molar-refractivity contribution < 1.29 is 9.59 Å². The first-order valence-corrected chi connectivity index (χ1v) is 9.27. The Morgan fingerprint density at radius 1 is 1.20 bits per heavy atom. The van der Waals surface area contributed by atoms with Crippen LogP contribution < -0.4 is 10.6 Å². The summed E-state index contributed by atoms with van der Waals surface area (Å²) < 4.78 is 0. The molecule has 1 heterocycles. The monoisotopic (exact) mass is 345 g/mol. The average Bonchev–Trinajstić information content (AvgIpc) is 2.56. The fraction of sp³-hybridized carbons (Fsp3) is 0.600. The van der Waals surface area contributed by atoms with Crippen LogP contribution in [0.3, 0.4) is 0 Å². The van der Waals surface area contributed by atoms with Gasteiger partial charge in [-0.05, 0) is 49.9 Å². The van der Waals surface area contributed by atoms with E-state index in [0.29, 0.717) is 6.04 Å². The van der Waals surface area contributed by atoms with Gasteiger partial charge in [-0.15, -0.1) is 0 Å². The van der Waals surface area contributed by atoms with Crippen LogP contribution in [0, 0.1) is 5.92 Å². The van der Waals surface area contributed by atoms with Crippen molar-refractivity contribution >= 4 is 17.5 Å². The Morgan fingerprint density at radius 3 is 2.44 bits per heavy atom. The van der Waals surface area contributed by atoms with E-state index < -0.39 is 6.04 Å². The predicted molar refractivity (Wildman–Crippen MR) is 101 cm³/mol. The van der Waals surface area contributed by atoms with Crippen molar-refractivity contribution in [1.29, 1.82) is 0 Å². The molecule has 0 radical (unpaired) electrons. The van der Waals surface area contributed by atoms with Crippen LogP contribution in [0.4, 0.5) is 5.69 Å². The van der Waals surface area contributed by atoms with E-state index in [0.717, 1.165) is 18.8 Å². The summed E-state index contributed by atoms with van der Waals surface area (Å²) in [6, 6.07) is 8.13. The molecule has 1 saturated heterocycles. The van der Waals surface area contributed by atoms with Crippen molar-refractivity contribution in [3.05, 3.63) is 29.8 Å². The molecular weight excluding hydrogens is 314 g/mol. The summed E-state index contributed by atoms with van der Waals surface area (Å²) in [5.74, 6) is -0.341. The van der Waals surface area contributed by atoms with Gasteiger partial charge in [0.2, 0.25) is 11.8 Å². The second-order valence-electron chi connectivity index (χ2n) is 7.42. The fourth-order valence-corrected chi connectivity index (χ4v) is 3.29. The van der Waals surface area contributed by atoms with Crippen LogP contribution in [-0.4, -0.2) is 35.3 Å². The highest BCUT2D eigenvalue weighted by Gasteiger charge is 2.23. The maximum Gasteiger partial charge on any atom is 0.247 e. The van der Waals surface area contributed by atoms with Gasteiger partial charge in [0.25, 0.3) is 0 Å². The summed E-state index contributed by atoms with van der Waals surface area (Å²) in [5.41, 5.74) is 2.02. The van der Waals surface area contributed by atoms with Crippen LogP contribution in [0.15, 0.2) is 24.3 Å². The molecule has 2 atom stereocenters. The van der Waals surface area contributed by atoms with Gasteiger partial charge < -0.3 is 10.6 Å². The molecule has 0 unspecified atom stereocenters. The van der Waals surface area contributed by atoms with Crippen LogP contribution in [0.5, 0.6) is 0 Å². The topological polar surface area (TPSA) is 61.4 Å². The van der Waals surface area contributed by atoms with E-state index in [1.165, 1.54) is 31.7 Å². The lowest BCUT2D eigenvalue weighted by atomic mass is 10.0. The third kappa shape index (κ3) is 5.85. The second kappa shape index (κ2) is 8.99. The molecule has 0 saturated carbocycles. The molecule has 1 aromatic carbocycles. The molecule has 1 aromatic rings. The Morgan fingerprint density at radius 2 is 1.88 bits per heavy atom. The predicted octanol–water partition coefficient (Wildman–Crippen LogP) is 3.16. The molecule has 2 rings (SSSR count). The van der Waals surface area contributed by atoms with Crippen LogP contribution in [0.1, 0.15) is 52.5 Å². The quantitative estimate of drug-likeness (QED) is 0.832. The Kier molecular flexibility index (Phi) is 7.00. The number of carbonyl (C=O) groups excluding carboxylic acids is 2. The number of carbonyl (C=O) groups is 2. The largest absolute Gasteiger partial charge is 0.344 e. The molecule has 1 fully saturated rings. The first-order valence-electron chi connectivity index (χ1n) is 9.27. The lowest BCUT2D eigenvalue weighted by Crippen LogP contribution is -2.46. The van der Waals surface area contributed by atoms with Gasteiger partial charge in [-0.3, -0.25) is 14.5 Å². The first kappa shape index (κ1) is 19.4. The maximum absolute atomic E-state index is 12.4. The minimum absolute atomic E-state index is 0.0313. The summed E-state index contributed by atoms with van der Waals surface area (Å²) in [7, 11) is 0. The number of hydrogen-bond donors (Lipinski definition) is 2. The number of amides is 2. The Hall–Kier alpha value is -1.88. The van der Waals surface area contributed by atoms with Gasteiger partial charge in [-0.25, -0.2) is 0 Å². The highest BCUT2D eigenvalue weighted by atomic mass is 16.2. The lowest BCUT2D eigenvalue weighted by Gasteiger charge is -2.33. The molecule has 0 bridgehead atoms. The second-order valence-corrected chi connectivity index (χ2v) is 7.42. The molecule has 5 nitrogen and oxygen atoms in total. The zero-order valence-electron chi connectivity index (χ0n) is 15.8. The number of likely N-dealkylation sites (tertiary alicyclic amines) is 1. The van der Waals surface area contributed by atoms with E-state index in [1.54, 1.807) is 0 Å². The number of hydrogen-bond acceptors (Lipinski definition) is 3. The SMILES string of the molecule is CC(=O)N[C@@H](C(=O)Nc1ccc(CN2CCCC[C@H]2C)cc1)C(C)C. The number of benzene rings is 1. The summed E-state index contributed by atoms with van der Waals surface area (Å²) in [4.78, 5) is 26.2. The van der Waals surface area contributed by atoms with E-state index in [-0.39, 0.29) is 17.7 Å². The fourth-order valence-electron chi connectivity index (χ4n) is 3.29. The summed E-state index contributed by atoms with van der Waals surface area (Å²) >= 11 is 0. The van der Waals surface area contributed by atoms with Crippen molar-refractivity contribution in [3.63, 3.8) is 0 Å². The summed E-state index contributed by atoms with van der Waals surface area (Å²) in [6.07, 6.45) is 3.88. The molecule has 138 valence electrons. The van der Waals surface area contributed by atoms with Crippen LogP contribution in [0.2, 0.25) is 0 Å². The van der Waals surface area contributed by atoms with Gasteiger partial charge in [-0.1, -0.05) is 32.4 Å². The molecular formula is C20H31N3O2. The standard InChI is InChI=1S/C20H31N3O2/c1-14(2)19(21-16(4)24)20(25)22-18-10-8-17(9-11-18)13-23-12-6-5-7-15(23)3/h8-11,14-15,19H,5-7,12-13H2,1-4H3,(H,21,24)(H,22,25)/t15-,19-/m1/s1. The van der Waals surface area contributed by atoms with Crippen LogP contribution in [-0.2, 0) is 16.1 Å². The highest BCUT2D eigenvalue weighted by molar-refractivity contribution is 5.97. The van der Waals surface area contributed by atoms with E-state index in [4.69, 9.17) is 0 Å². The van der Waals surface area contributed by atoms with E-state index in [9.17, 15) is 9.59 Å². The van der Waals surface area contributed by atoms with Crippen molar-refractivity contribution in [2.45, 2.75) is 65.6 Å². The average molecular weight is 345 g/mol. The van der Waals surface area contributed by atoms with Crippen molar-refractivity contribution in [2.24, 2.45) is 5.92 Å². The normalized spacial score (nSPS) is 19.5. The Labute approximate surface area is 151 Å². The molecule has 2 N–H and O–H groups in total. The molecule has 2 amide bonds. The maximum atomic E-state index is 12.4. The van der Waals surface area contributed by atoms with Gasteiger partial charge in [0.05, 0.1) is 0 Å². The van der Waals surface area contributed by atoms with Gasteiger partial charge in [-0.2, -0.15) is 0 Å². The molecule has 1 aliphatic heterocycles. The highest BCUT2D eigenvalue weighted by Crippen LogP contribution is 2.20. The number of anilines is 1. The van der Waals surface area contributed by atoms with Gasteiger partial charge in [0.15, 0.2) is 0 Å². The van der Waals surface area contributed by atoms with Crippen LogP contribution >= 0.6 is 0 Å². The number of rotatable bonds is 6. The number of nitrogens with zero attached hydrogens (tertiary/aromatic N) is 1. The first-order chi connectivity index (χ1) is 11.9. The summed E-state index contributed by atoms with van der Waals surface area (Å²) in [6.45, 7) is 9.68. The zero-order valence-corrected chi connectivity index (χ0v) is 15.8. The molecule has 0 aliphatic carbocycles. The Balaban J connectivity index is 1.94. The lowest BCUT2D eigenvalue weighted by molar-refractivity contribution is -0.126. The van der Waals surface area contributed by atoms with Crippen molar-refractivity contribution in [2.75, 3.05) is 11.9 Å². The minimum Gasteiger partial charge on any atom is -0.344 e. The van der Waals surface area contributed by atoms with Gasteiger partial charge >= 0.3 is 0 Å². The van der Waals surface area contributed by atoms with E-state index in [2.05, 4.69) is 34.6 Å². The molecule has 5 heteroatoms. The Bertz CT molecular complexity index is 583. The van der Waals surface area contributed by atoms with Crippen LogP contribution in [0.25, 0.3) is 0 Å². The number of nitrogens with one attached hydrogen (secondary N) is 2. The third-order valence-electron chi connectivity index (χ3n) is 4.86. The smallest absolute Gasteiger partial charge is 0.247 e. The third-order valence-corrected chi connectivity index (χ3v) is 4.86. The van der Waals surface area contributed by atoms with Crippen molar-refractivity contribution in [3.8, 4) is 0 Å². The molecule has 0 spiro atoms. The van der Waals surface area contributed by atoms with E-state index >= 15 is 0 Å². The number of piperidine rings is 1. The molecule has 1 aliphatic rings. The minimum atomic E-state index is -0.522. The van der Waals surface area contributed by atoms with Gasteiger partial charge in [0, 0.05) is 25.2 Å². The van der Waals surface area contributed by atoms with Crippen molar-refractivity contribution in [1.82, 2.24) is 10.2 Å². The summed E-state index contributed by atoms with van der Waals surface area (Å²) in [5, 5.41) is 5.61. The zero-order chi connectivity index (χ0) is 18.4. The van der Waals surface area contributed by atoms with Gasteiger partial charge in [0.1, 0.15) is 6.04 Å².